The lowest BCUT2D eigenvalue weighted by Crippen LogP contribution is -2.05. The molecule has 0 saturated heterocycles. The van der Waals surface area contributed by atoms with Crippen LogP contribution < -0.4 is 0 Å². The van der Waals surface area contributed by atoms with Gasteiger partial charge in [-0.25, -0.2) is 9.18 Å². The molecule has 4 nitrogen and oxygen atoms in total. The second kappa shape index (κ2) is 4.78. The van der Waals surface area contributed by atoms with E-state index in [1.807, 2.05) is 0 Å². The van der Waals surface area contributed by atoms with Gasteiger partial charge in [0.05, 0.1) is 5.56 Å². The molecule has 1 aromatic heterocycles. The number of rotatable bonds is 3. The number of benzene rings is 1. The van der Waals surface area contributed by atoms with Gasteiger partial charge in [0.2, 0.25) is 0 Å². The first-order valence-electron chi connectivity index (χ1n) is 5.00. The van der Waals surface area contributed by atoms with Crippen molar-refractivity contribution in [2.24, 2.45) is 0 Å². The van der Waals surface area contributed by atoms with Gasteiger partial charge < -0.3 is 9.26 Å². The van der Waals surface area contributed by atoms with E-state index >= 15 is 0 Å². The Bertz CT molecular complexity index is 519. The Morgan fingerprint density at radius 2 is 2.12 bits per heavy atom. The number of aromatic nitrogens is 1. The number of esters is 1. The van der Waals surface area contributed by atoms with Crippen molar-refractivity contribution in [2.75, 3.05) is 0 Å². The average molecular weight is 235 g/mol. The molecule has 0 aliphatic rings. The Hall–Kier alpha value is -2.17. The number of ether oxygens (including phenoxy) is 1. The van der Waals surface area contributed by atoms with E-state index in [0.29, 0.717) is 17.0 Å². The summed E-state index contributed by atoms with van der Waals surface area (Å²) in [4.78, 5) is 11.5. The fraction of sp³-hybridized carbons (Fsp3) is 0.167. The van der Waals surface area contributed by atoms with Crippen LogP contribution in [0.25, 0.3) is 0 Å². The van der Waals surface area contributed by atoms with E-state index in [4.69, 9.17) is 9.26 Å². The minimum Gasteiger partial charge on any atom is -0.455 e. The second-order valence-electron chi connectivity index (χ2n) is 3.51. The van der Waals surface area contributed by atoms with Gasteiger partial charge in [-0.2, -0.15) is 0 Å². The summed E-state index contributed by atoms with van der Waals surface area (Å²) in [6.45, 7) is 1.78. The number of carbonyl (C=O) groups excluding carboxylic acids is 1. The molecule has 0 saturated carbocycles. The molecule has 0 N–H and O–H groups in total. The Morgan fingerprint density at radius 1 is 1.41 bits per heavy atom. The van der Waals surface area contributed by atoms with Crippen LogP contribution in [0, 0.1) is 12.7 Å². The molecule has 1 heterocycles. The standard InChI is InChI=1S/C12H10FNO3/c1-8-6-11(14-17-8)7-16-12(15)9-2-4-10(13)5-3-9/h2-6H,7H2,1H3. The zero-order valence-electron chi connectivity index (χ0n) is 9.14. The molecule has 0 amide bonds. The largest absolute Gasteiger partial charge is 0.455 e. The third-order valence-corrected chi connectivity index (χ3v) is 2.11. The smallest absolute Gasteiger partial charge is 0.338 e. The molecule has 2 aromatic rings. The first-order chi connectivity index (χ1) is 8.15. The molecule has 1 aromatic carbocycles. The van der Waals surface area contributed by atoms with Gasteiger partial charge >= 0.3 is 5.97 Å². The predicted octanol–water partition coefficient (Wildman–Crippen LogP) is 2.48. The summed E-state index contributed by atoms with van der Waals surface area (Å²) in [5.41, 5.74) is 0.838. The number of carbonyl (C=O) groups is 1. The molecular weight excluding hydrogens is 225 g/mol. The van der Waals surface area contributed by atoms with Gasteiger partial charge in [-0.15, -0.1) is 0 Å². The van der Waals surface area contributed by atoms with Crippen molar-refractivity contribution < 1.29 is 18.4 Å². The lowest BCUT2D eigenvalue weighted by Gasteiger charge is -2.01. The van der Waals surface area contributed by atoms with Crippen LogP contribution in [-0.4, -0.2) is 11.1 Å². The summed E-state index contributed by atoms with van der Waals surface area (Å²) in [6, 6.07) is 6.82. The molecule has 2 rings (SSSR count). The normalized spacial score (nSPS) is 10.2. The maximum atomic E-state index is 12.6. The van der Waals surface area contributed by atoms with Gasteiger partial charge in [-0.3, -0.25) is 0 Å². The highest BCUT2D eigenvalue weighted by Crippen LogP contribution is 2.07. The molecule has 17 heavy (non-hydrogen) atoms. The lowest BCUT2D eigenvalue weighted by molar-refractivity contribution is 0.0464. The summed E-state index contributed by atoms with van der Waals surface area (Å²) in [5.74, 6) is -0.267. The first-order valence-corrected chi connectivity index (χ1v) is 5.00. The zero-order chi connectivity index (χ0) is 12.3. The van der Waals surface area contributed by atoms with E-state index in [-0.39, 0.29) is 6.61 Å². The van der Waals surface area contributed by atoms with E-state index < -0.39 is 11.8 Å². The van der Waals surface area contributed by atoms with Crippen molar-refractivity contribution >= 4 is 5.97 Å². The molecule has 0 bridgehead atoms. The first kappa shape index (κ1) is 11.3. The molecule has 88 valence electrons. The summed E-state index contributed by atoms with van der Waals surface area (Å²) >= 11 is 0. The fourth-order valence-electron chi connectivity index (χ4n) is 1.29. The maximum Gasteiger partial charge on any atom is 0.338 e. The van der Waals surface area contributed by atoms with E-state index in [0.717, 1.165) is 0 Å². The van der Waals surface area contributed by atoms with Crippen LogP contribution in [0.5, 0.6) is 0 Å². The highest BCUT2D eigenvalue weighted by atomic mass is 19.1. The number of nitrogens with zero attached hydrogens (tertiary/aromatic N) is 1. The van der Waals surface area contributed by atoms with Crippen LogP contribution in [0.4, 0.5) is 4.39 Å². The average Bonchev–Trinajstić information content (AvgIpc) is 2.73. The maximum absolute atomic E-state index is 12.6. The van der Waals surface area contributed by atoms with Crippen molar-refractivity contribution in [3.05, 3.63) is 53.2 Å². The van der Waals surface area contributed by atoms with Crippen molar-refractivity contribution in [2.45, 2.75) is 13.5 Å². The number of hydrogen-bond acceptors (Lipinski definition) is 4. The second-order valence-corrected chi connectivity index (χ2v) is 3.51. The van der Waals surface area contributed by atoms with Gasteiger partial charge in [0.15, 0.2) is 0 Å². The summed E-state index contributed by atoms with van der Waals surface area (Å²) in [7, 11) is 0. The molecule has 0 aliphatic carbocycles. The van der Waals surface area contributed by atoms with Crippen molar-refractivity contribution in [1.29, 1.82) is 0 Å². The summed E-state index contributed by atoms with van der Waals surface area (Å²) < 4.78 is 22.4. The van der Waals surface area contributed by atoms with Gasteiger partial charge in [0.25, 0.3) is 0 Å². The van der Waals surface area contributed by atoms with Crippen LogP contribution in [0.1, 0.15) is 21.8 Å². The Labute approximate surface area is 97.0 Å². The van der Waals surface area contributed by atoms with Crippen molar-refractivity contribution in [1.82, 2.24) is 5.16 Å². The van der Waals surface area contributed by atoms with E-state index in [1.165, 1.54) is 24.3 Å². The minimum atomic E-state index is -0.523. The molecule has 0 unspecified atom stereocenters. The van der Waals surface area contributed by atoms with Crippen LogP contribution in [0.3, 0.4) is 0 Å². The van der Waals surface area contributed by atoms with E-state index in [2.05, 4.69) is 5.16 Å². The van der Waals surface area contributed by atoms with Gasteiger partial charge in [-0.05, 0) is 31.2 Å². The molecule has 0 fully saturated rings. The van der Waals surface area contributed by atoms with Crippen molar-refractivity contribution in [3.8, 4) is 0 Å². The van der Waals surface area contributed by atoms with Gasteiger partial charge in [-0.1, -0.05) is 5.16 Å². The molecule has 0 aliphatic heterocycles. The third-order valence-electron chi connectivity index (χ3n) is 2.11. The quantitative estimate of drug-likeness (QED) is 0.767. The van der Waals surface area contributed by atoms with Crippen LogP contribution in [-0.2, 0) is 11.3 Å². The summed E-state index contributed by atoms with van der Waals surface area (Å²) in [5, 5.41) is 3.68. The SMILES string of the molecule is Cc1cc(COC(=O)c2ccc(F)cc2)no1. The Kier molecular flexibility index (Phi) is 3.18. The van der Waals surface area contributed by atoms with Crippen molar-refractivity contribution in [3.63, 3.8) is 0 Å². The molecule has 5 heteroatoms. The monoisotopic (exact) mass is 235 g/mol. The zero-order valence-corrected chi connectivity index (χ0v) is 9.14. The van der Waals surface area contributed by atoms with E-state index in [9.17, 15) is 9.18 Å². The van der Waals surface area contributed by atoms with Crippen LogP contribution >= 0.6 is 0 Å². The number of aryl methyl sites for hydroxylation is 1. The van der Waals surface area contributed by atoms with Gasteiger partial charge in [0, 0.05) is 6.07 Å². The Morgan fingerprint density at radius 3 is 2.71 bits per heavy atom. The minimum absolute atomic E-state index is 0.0353. The van der Waals surface area contributed by atoms with Crippen LogP contribution in [0.15, 0.2) is 34.9 Å². The number of hydrogen-bond donors (Lipinski definition) is 0. The lowest BCUT2D eigenvalue weighted by atomic mass is 10.2. The highest BCUT2D eigenvalue weighted by Gasteiger charge is 2.08. The molecule has 0 radical (unpaired) electrons. The molecule has 0 atom stereocenters. The van der Waals surface area contributed by atoms with Gasteiger partial charge in [0.1, 0.15) is 23.9 Å². The Balaban J connectivity index is 1.95. The summed E-state index contributed by atoms with van der Waals surface area (Å²) in [6.07, 6.45) is 0. The topological polar surface area (TPSA) is 52.3 Å². The number of halogens is 1. The molecule has 0 spiro atoms. The van der Waals surface area contributed by atoms with E-state index in [1.54, 1.807) is 13.0 Å². The predicted molar refractivity (Wildman–Crippen MR) is 56.8 cm³/mol. The highest BCUT2D eigenvalue weighted by molar-refractivity contribution is 5.89. The molecular formula is C12H10FNO3. The van der Waals surface area contributed by atoms with Crippen LogP contribution in [0.2, 0.25) is 0 Å². The third kappa shape index (κ3) is 2.90. The fourth-order valence-corrected chi connectivity index (χ4v) is 1.29.